The van der Waals surface area contributed by atoms with E-state index in [4.69, 9.17) is 0 Å². The maximum absolute atomic E-state index is 4.59. The molecule has 0 saturated heterocycles. The Morgan fingerprint density at radius 1 is 1.19 bits per heavy atom. The molecule has 3 aromatic rings. The Balaban J connectivity index is 1.28. The van der Waals surface area contributed by atoms with Crippen molar-refractivity contribution in [3.8, 4) is 0 Å². The zero-order valence-corrected chi connectivity index (χ0v) is 15.2. The number of aliphatic imine (C=N–C) groups is 1. The van der Waals surface area contributed by atoms with E-state index in [1.54, 1.807) is 6.33 Å². The number of rotatable bonds is 5. The fourth-order valence-corrected chi connectivity index (χ4v) is 3.34. The molecule has 3 N–H and O–H groups in total. The van der Waals surface area contributed by atoms with Crippen molar-refractivity contribution in [1.82, 2.24) is 19.9 Å². The van der Waals surface area contributed by atoms with Gasteiger partial charge in [0.15, 0.2) is 0 Å². The largest absolute Gasteiger partial charge is 0.350 e. The minimum Gasteiger partial charge on any atom is -0.350 e. The molecule has 0 atom stereocenters. The van der Waals surface area contributed by atoms with Crippen molar-refractivity contribution in [3.05, 3.63) is 53.5 Å². The van der Waals surface area contributed by atoms with E-state index in [1.807, 2.05) is 19.1 Å². The first kappa shape index (κ1) is 16.0. The van der Waals surface area contributed by atoms with E-state index >= 15 is 0 Å². The Labute approximate surface area is 157 Å². The first-order valence-electron chi connectivity index (χ1n) is 9.26. The van der Waals surface area contributed by atoms with Crippen molar-refractivity contribution in [3.63, 3.8) is 0 Å². The average molecular weight is 359 g/mol. The van der Waals surface area contributed by atoms with Gasteiger partial charge in [0.05, 0.1) is 23.9 Å². The van der Waals surface area contributed by atoms with E-state index < -0.39 is 0 Å². The smallest absolute Gasteiger partial charge is 0.225 e. The molecule has 27 heavy (non-hydrogen) atoms. The molecule has 0 bridgehead atoms. The standard InChI is InChI=1S/C20H21N7/c1-12-6-19(26-18-8-15(10-21-18)14-3-4-14)27-20(25-12)22-9-13-2-5-16-17(7-13)24-11-23-16/h2,5-8,11,14H,3-4,9-10H2,1H3,(H,23,24)(H2,21,22,25,26,27). The van der Waals surface area contributed by atoms with Crippen molar-refractivity contribution >= 4 is 28.6 Å². The van der Waals surface area contributed by atoms with Crippen LogP contribution >= 0.6 is 0 Å². The predicted octanol–water partition coefficient (Wildman–Crippen LogP) is 3.43. The van der Waals surface area contributed by atoms with Gasteiger partial charge in [0.2, 0.25) is 5.95 Å². The van der Waals surface area contributed by atoms with Gasteiger partial charge in [-0.15, -0.1) is 0 Å². The number of anilines is 2. The van der Waals surface area contributed by atoms with Gasteiger partial charge in [0.1, 0.15) is 11.7 Å². The summed E-state index contributed by atoms with van der Waals surface area (Å²) in [5.74, 6) is 3.02. The van der Waals surface area contributed by atoms with E-state index in [2.05, 4.69) is 53.8 Å². The lowest BCUT2D eigenvalue weighted by Crippen LogP contribution is -2.11. The van der Waals surface area contributed by atoms with Crippen LogP contribution in [0.25, 0.3) is 11.0 Å². The van der Waals surface area contributed by atoms with E-state index in [1.165, 1.54) is 18.4 Å². The van der Waals surface area contributed by atoms with Crippen LogP contribution < -0.4 is 10.6 Å². The van der Waals surface area contributed by atoms with Crippen LogP contribution in [0.5, 0.6) is 0 Å². The molecule has 0 amide bonds. The number of hydrogen-bond donors (Lipinski definition) is 3. The van der Waals surface area contributed by atoms with Crippen LogP contribution in [0, 0.1) is 12.8 Å². The molecule has 1 aliphatic carbocycles. The predicted molar refractivity (Wildman–Crippen MR) is 107 cm³/mol. The topological polar surface area (TPSA) is 90.9 Å². The number of H-pyrrole nitrogens is 1. The molecular formula is C20H21N7. The molecular weight excluding hydrogens is 338 g/mol. The minimum atomic E-state index is 0.604. The second-order valence-corrected chi connectivity index (χ2v) is 7.15. The molecule has 0 unspecified atom stereocenters. The van der Waals surface area contributed by atoms with Crippen molar-refractivity contribution in [2.75, 3.05) is 17.2 Å². The van der Waals surface area contributed by atoms with E-state index in [-0.39, 0.29) is 0 Å². The first-order chi connectivity index (χ1) is 13.2. The molecule has 0 spiro atoms. The van der Waals surface area contributed by atoms with Crippen molar-refractivity contribution < 1.29 is 0 Å². The second-order valence-electron chi connectivity index (χ2n) is 7.15. The van der Waals surface area contributed by atoms with Crippen LogP contribution in [0.15, 0.2) is 47.2 Å². The molecule has 2 aliphatic rings. The van der Waals surface area contributed by atoms with Crippen LogP contribution in [0.4, 0.5) is 11.8 Å². The van der Waals surface area contributed by atoms with Gasteiger partial charge in [-0.3, -0.25) is 4.99 Å². The van der Waals surface area contributed by atoms with E-state index in [9.17, 15) is 0 Å². The van der Waals surface area contributed by atoms with Crippen molar-refractivity contribution in [2.45, 2.75) is 26.3 Å². The number of hydrogen-bond acceptors (Lipinski definition) is 6. The Kier molecular flexibility index (Phi) is 3.85. The number of imidazole rings is 1. The lowest BCUT2D eigenvalue weighted by atomic mass is 10.2. The van der Waals surface area contributed by atoms with Crippen LogP contribution in [-0.4, -0.2) is 32.3 Å². The third-order valence-electron chi connectivity index (χ3n) is 4.90. The Morgan fingerprint density at radius 3 is 3.00 bits per heavy atom. The molecule has 136 valence electrons. The summed E-state index contributed by atoms with van der Waals surface area (Å²) in [7, 11) is 0. The van der Waals surface area contributed by atoms with E-state index in [0.717, 1.165) is 46.4 Å². The van der Waals surface area contributed by atoms with E-state index in [0.29, 0.717) is 12.5 Å². The number of amidine groups is 1. The normalized spacial score (nSPS) is 16.3. The van der Waals surface area contributed by atoms with Gasteiger partial charge < -0.3 is 15.6 Å². The number of nitrogens with one attached hydrogen (secondary N) is 3. The number of benzene rings is 1. The highest BCUT2D eigenvalue weighted by molar-refractivity contribution is 6.05. The van der Waals surface area contributed by atoms with Gasteiger partial charge in [0.25, 0.3) is 0 Å². The van der Waals surface area contributed by atoms with Crippen LogP contribution in [-0.2, 0) is 6.54 Å². The second kappa shape index (κ2) is 6.50. The molecule has 1 aliphatic heterocycles. The molecule has 1 aromatic carbocycles. The molecule has 1 fully saturated rings. The fraction of sp³-hybridized carbons (Fsp3) is 0.300. The highest BCUT2D eigenvalue weighted by Crippen LogP contribution is 2.37. The summed E-state index contributed by atoms with van der Waals surface area (Å²) in [5.41, 5.74) is 5.48. The molecule has 7 nitrogen and oxygen atoms in total. The number of aryl methyl sites for hydroxylation is 1. The average Bonchev–Trinajstić information content (AvgIpc) is 3.22. The Morgan fingerprint density at radius 2 is 2.11 bits per heavy atom. The third-order valence-corrected chi connectivity index (χ3v) is 4.90. The van der Waals surface area contributed by atoms with Crippen LogP contribution in [0.2, 0.25) is 0 Å². The van der Waals surface area contributed by atoms with Gasteiger partial charge in [-0.2, -0.15) is 4.98 Å². The first-order valence-corrected chi connectivity index (χ1v) is 9.26. The summed E-state index contributed by atoms with van der Waals surface area (Å²) in [5, 5.41) is 6.63. The summed E-state index contributed by atoms with van der Waals surface area (Å²) in [6.45, 7) is 3.43. The molecule has 5 rings (SSSR count). The Hall–Kier alpha value is -3.22. The summed E-state index contributed by atoms with van der Waals surface area (Å²) < 4.78 is 0. The summed E-state index contributed by atoms with van der Waals surface area (Å²) in [4.78, 5) is 21.0. The zero-order chi connectivity index (χ0) is 18.2. The SMILES string of the molecule is Cc1cc(NC2=NCC(C3CC3)=C2)nc(NCc2ccc3nc[nH]c3c2)n1. The molecule has 3 heterocycles. The molecule has 1 saturated carbocycles. The van der Waals surface area contributed by atoms with Gasteiger partial charge >= 0.3 is 0 Å². The Bertz CT molecular complexity index is 1060. The summed E-state index contributed by atoms with van der Waals surface area (Å²) >= 11 is 0. The molecule has 7 heteroatoms. The summed E-state index contributed by atoms with van der Waals surface area (Å²) in [6.07, 6.45) is 6.49. The monoisotopic (exact) mass is 359 g/mol. The highest BCUT2D eigenvalue weighted by Gasteiger charge is 2.27. The maximum Gasteiger partial charge on any atom is 0.225 e. The van der Waals surface area contributed by atoms with Gasteiger partial charge in [-0.25, -0.2) is 9.97 Å². The molecule has 2 aromatic heterocycles. The van der Waals surface area contributed by atoms with Crippen LogP contribution in [0.3, 0.4) is 0 Å². The fourth-order valence-electron chi connectivity index (χ4n) is 3.34. The lowest BCUT2D eigenvalue weighted by Gasteiger charge is -2.09. The zero-order valence-electron chi connectivity index (χ0n) is 15.2. The lowest BCUT2D eigenvalue weighted by molar-refractivity contribution is 0.959. The third kappa shape index (κ3) is 3.53. The van der Waals surface area contributed by atoms with Gasteiger partial charge in [0, 0.05) is 18.3 Å². The quantitative estimate of drug-likeness (QED) is 0.649. The van der Waals surface area contributed by atoms with Gasteiger partial charge in [-0.1, -0.05) is 6.07 Å². The number of aromatic amines is 1. The van der Waals surface area contributed by atoms with Crippen molar-refractivity contribution in [2.24, 2.45) is 10.9 Å². The number of fused-ring (bicyclic) bond motifs is 1. The highest BCUT2D eigenvalue weighted by atomic mass is 15.2. The van der Waals surface area contributed by atoms with Crippen LogP contribution in [0.1, 0.15) is 24.1 Å². The number of aromatic nitrogens is 4. The van der Waals surface area contributed by atoms with Gasteiger partial charge in [-0.05, 0) is 55.0 Å². The maximum atomic E-state index is 4.59. The minimum absolute atomic E-state index is 0.604. The molecule has 0 radical (unpaired) electrons. The summed E-state index contributed by atoms with van der Waals surface area (Å²) in [6, 6.07) is 8.09. The van der Waals surface area contributed by atoms with Crippen molar-refractivity contribution in [1.29, 1.82) is 0 Å². The number of nitrogens with zero attached hydrogens (tertiary/aromatic N) is 4.